The van der Waals surface area contributed by atoms with Crippen LogP contribution >= 0.6 is 11.6 Å². The van der Waals surface area contributed by atoms with Crippen molar-refractivity contribution in [3.63, 3.8) is 0 Å². The van der Waals surface area contributed by atoms with Gasteiger partial charge in [-0.25, -0.2) is 0 Å². The molecular weight excluding hydrogens is 252 g/mol. The molecular formula is C13H17ClN2O2. The van der Waals surface area contributed by atoms with Gasteiger partial charge in [-0.1, -0.05) is 31.0 Å². The summed E-state index contributed by atoms with van der Waals surface area (Å²) >= 11 is 6.16. The molecule has 0 saturated carbocycles. The molecule has 1 aromatic carbocycles. The Morgan fingerprint density at radius 2 is 2.22 bits per heavy atom. The third-order valence-corrected chi connectivity index (χ3v) is 3.69. The van der Waals surface area contributed by atoms with Crippen molar-refractivity contribution in [3.8, 4) is 0 Å². The van der Waals surface area contributed by atoms with Crippen molar-refractivity contribution >= 4 is 23.0 Å². The lowest BCUT2D eigenvalue weighted by molar-refractivity contribution is -0.384. The molecule has 0 amide bonds. The van der Waals surface area contributed by atoms with Gasteiger partial charge in [0, 0.05) is 19.2 Å². The molecule has 0 bridgehead atoms. The Hall–Kier alpha value is -1.29. The van der Waals surface area contributed by atoms with Gasteiger partial charge in [0.15, 0.2) is 0 Å². The average molecular weight is 269 g/mol. The predicted molar refractivity (Wildman–Crippen MR) is 73.3 cm³/mol. The van der Waals surface area contributed by atoms with Crippen LogP contribution in [-0.2, 0) is 0 Å². The largest absolute Gasteiger partial charge is 0.365 e. The zero-order valence-electron chi connectivity index (χ0n) is 10.4. The normalized spacial score (nSPS) is 20.6. The van der Waals surface area contributed by atoms with Crippen molar-refractivity contribution in [2.75, 3.05) is 18.0 Å². The minimum Gasteiger partial charge on any atom is -0.365 e. The number of nitrogens with zero attached hydrogens (tertiary/aromatic N) is 2. The molecule has 1 unspecified atom stereocenters. The molecule has 98 valence electrons. The minimum absolute atomic E-state index is 0.108. The highest BCUT2D eigenvalue weighted by atomic mass is 35.5. The lowest BCUT2D eigenvalue weighted by Crippen LogP contribution is -2.28. The van der Waals surface area contributed by atoms with Crippen LogP contribution in [-0.4, -0.2) is 18.0 Å². The topological polar surface area (TPSA) is 46.4 Å². The van der Waals surface area contributed by atoms with Crippen LogP contribution < -0.4 is 4.90 Å². The van der Waals surface area contributed by atoms with E-state index in [0.29, 0.717) is 16.6 Å². The van der Waals surface area contributed by atoms with Crippen LogP contribution in [0.15, 0.2) is 18.2 Å². The van der Waals surface area contributed by atoms with E-state index in [9.17, 15) is 10.1 Å². The van der Waals surface area contributed by atoms with E-state index < -0.39 is 0 Å². The number of anilines is 1. The van der Waals surface area contributed by atoms with Crippen LogP contribution in [0.3, 0.4) is 0 Å². The standard InChI is InChI=1S/C13H17ClN2O2/c1-10-5-2-3-8-15(9-10)13-11(14)6-4-7-12(13)16(17)18/h4,6-7,10H,2-3,5,8-9H2,1H3. The summed E-state index contributed by atoms with van der Waals surface area (Å²) < 4.78 is 0. The Balaban J connectivity index is 2.39. The zero-order valence-corrected chi connectivity index (χ0v) is 11.2. The van der Waals surface area contributed by atoms with E-state index in [1.54, 1.807) is 12.1 Å². The summed E-state index contributed by atoms with van der Waals surface area (Å²) in [6.07, 6.45) is 3.41. The Kier molecular flexibility index (Phi) is 4.07. The number of rotatable bonds is 2. The van der Waals surface area contributed by atoms with E-state index in [1.807, 2.05) is 0 Å². The molecule has 0 radical (unpaired) electrons. The van der Waals surface area contributed by atoms with E-state index in [0.717, 1.165) is 19.5 Å². The van der Waals surface area contributed by atoms with Crippen molar-refractivity contribution in [1.29, 1.82) is 0 Å². The maximum atomic E-state index is 11.1. The van der Waals surface area contributed by atoms with Gasteiger partial charge in [-0.3, -0.25) is 10.1 Å². The summed E-state index contributed by atoms with van der Waals surface area (Å²) in [6, 6.07) is 4.88. The van der Waals surface area contributed by atoms with Crippen LogP contribution in [0.25, 0.3) is 0 Å². The van der Waals surface area contributed by atoms with E-state index >= 15 is 0 Å². The fourth-order valence-corrected chi connectivity index (χ4v) is 2.81. The van der Waals surface area contributed by atoms with Gasteiger partial charge in [0.25, 0.3) is 5.69 Å². The Labute approximate surface area is 112 Å². The smallest absolute Gasteiger partial charge is 0.294 e. The first-order chi connectivity index (χ1) is 8.59. The van der Waals surface area contributed by atoms with Crippen molar-refractivity contribution in [2.24, 2.45) is 5.92 Å². The van der Waals surface area contributed by atoms with Gasteiger partial charge in [-0.2, -0.15) is 0 Å². The molecule has 0 aliphatic carbocycles. The maximum absolute atomic E-state index is 11.1. The molecule has 0 N–H and O–H groups in total. The molecule has 18 heavy (non-hydrogen) atoms. The van der Waals surface area contributed by atoms with Crippen molar-refractivity contribution in [1.82, 2.24) is 0 Å². The van der Waals surface area contributed by atoms with E-state index in [2.05, 4.69) is 11.8 Å². The van der Waals surface area contributed by atoms with Crippen LogP contribution in [0, 0.1) is 16.0 Å². The molecule has 5 heteroatoms. The van der Waals surface area contributed by atoms with Gasteiger partial charge >= 0.3 is 0 Å². The first-order valence-electron chi connectivity index (χ1n) is 6.27. The van der Waals surface area contributed by atoms with Gasteiger partial charge in [-0.05, 0) is 24.8 Å². The Bertz CT molecular complexity index is 451. The first kappa shape index (κ1) is 13.1. The van der Waals surface area contributed by atoms with Gasteiger partial charge in [0.05, 0.1) is 9.95 Å². The van der Waals surface area contributed by atoms with Crippen LogP contribution in [0.4, 0.5) is 11.4 Å². The van der Waals surface area contributed by atoms with Crippen molar-refractivity contribution < 1.29 is 4.92 Å². The lowest BCUT2D eigenvalue weighted by Gasteiger charge is -2.25. The third-order valence-electron chi connectivity index (χ3n) is 3.39. The van der Waals surface area contributed by atoms with Crippen LogP contribution in [0.1, 0.15) is 26.2 Å². The summed E-state index contributed by atoms with van der Waals surface area (Å²) in [5.74, 6) is 0.545. The van der Waals surface area contributed by atoms with Crippen LogP contribution in [0.2, 0.25) is 5.02 Å². The summed E-state index contributed by atoms with van der Waals surface area (Å²) in [4.78, 5) is 12.8. The zero-order chi connectivity index (χ0) is 13.1. The highest BCUT2D eigenvalue weighted by Crippen LogP contribution is 2.37. The minimum atomic E-state index is -0.350. The highest BCUT2D eigenvalue weighted by molar-refractivity contribution is 6.33. The Morgan fingerprint density at radius 1 is 1.44 bits per heavy atom. The quantitative estimate of drug-likeness (QED) is 0.604. The number of nitro groups is 1. The maximum Gasteiger partial charge on any atom is 0.294 e. The molecule has 1 heterocycles. The molecule has 1 fully saturated rings. The second kappa shape index (κ2) is 5.57. The van der Waals surface area contributed by atoms with E-state index in [1.165, 1.54) is 18.9 Å². The summed E-state index contributed by atoms with van der Waals surface area (Å²) in [7, 11) is 0. The molecule has 1 aliphatic heterocycles. The molecule has 1 saturated heterocycles. The van der Waals surface area contributed by atoms with Crippen molar-refractivity contribution in [3.05, 3.63) is 33.3 Å². The number of hydrogen-bond acceptors (Lipinski definition) is 3. The highest BCUT2D eigenvalue weighted by Gasteiger charge is 2.24. The summed E-state index contributed by atoms with van der Waals surface area (Å²) in [5, 5.41) is 11.6. The monoisotopic (exact) mass is 268 g/mol. The number of para-hydroxylation sites is 1. The summed E-state index contributed by atoms with van der Waals surface area (Å²) in [5.41, 5.74) is 0.689. The van der Waals surface area contributed by atoms with Gasteiger partial charge < -0.3 is 4.90 Å². The molecule has 1 atom stereocenters. The second-order valence-electron chi connectivity index (χ2n) is 4.91. The third kappa shape index (κ3) is 2.75. The van der Waals surface area contributed by atoms with Crippen molar-refractivity contribution in [2.45, 2.75) is 26.2 Å². The summed E-state index contributed by atoms with van der Waals surface area (Å²) in [6.45, 7) is 3.86. The van der Waals surface area contributed by atoms with Gasteiger partial charge in [-0.15, -0.1) is 0 Å². The molecule has 1 aliphatic rings. The number of halogens is 1. The fraction of sp³-hybridized carbons (Fsp3) is 0.538. The van der Waals surface area contributed by atoms with Crippen LogP contribution in [0.5, 0.6) is 0 Å². The molecule has 2 rings (SSSR count). The van der Waals surface area contributed by atoms with E-state index in [4.69, 9.17) is 11.6 Å². The molecule has 4 nitrogen and oxygen atoms in total. The van der Waals surface area contributed by atoms with Gasteiger partial charge in [0.2, 0.25) is 0 Å². The number of benzene rings is 1. The SMILES string of the molecule is CC1CCCCN(c2c(Cl)cccc2[N+](=O)[O-])C1. The Morgan fingerprint density at radius 3 is 2.94 bits per heavy atom. The molecule has 0 spiro atoms. The number of hydrogen-bond donors (Lipinski definition) is 0. The molecule has 1 aromatic rings. The van der Waals surface area contributed by atoms with Gasteiger partial charge in [0.1, 0.15) is 5.69 Å². The number of nitro benzene ring substituents is 1. The fourth-order valence-electron chi connectivity index (χ4n) is 2.52. The molecule has 0 aromatic heterocycles. The van der Waals surface area contributed by atoms with E-state index in [-0.39, 0.29) is 10.6 Å². The average Bonchev–Trinajstić information content (AvgIpc) is 2.53. The first-order valence-corrected chi connectivity index (χ1v) is 6.65. The second-order valence-corrected chi connectivity index (χ2v) is 5.32. The lowest BCUT2D eigenvalue weighted by atomic mass is 10.1. The predicted octanol–water partition coefficient (Wildman–Crippen LogP) is 3.87.